The Morgan fingerprint density at radius 3 is 2.65 bits per heavy atom. The Balaban J connectivity index is 1.66. The first-order valence-corrected chi connectivity index (χ1v) is 10.3. The first kappa shape index (κ1) is 20.8. The van der Waals surface area contributed by atoms with Crippen LogP contribution in [0, 0.1) is 0 Å². The van der Waals surface area contributed by atoms with Gasteiger partial charge in [0.1, 0.15) is 17.3 Å². The summed E-state index contributed by atoms with van der Waals surface area (Å²) in [6.45, 7) is 0.169. The number of amidine groups is 1. The topological polar surface area (TPSA) is 98.6 Å². The van der Waals surface area contributed by atoms with Crippen molar-refractivity contribution >= 4 is 46.7 Å². The van der Waals surface area contributed by atoms with Gasteiger partial charge in [-0.1, -0.05) is 23.7 Å². The number of phenolic OH excluding ortho intramolecular Hbond substituents is 2. The molecule has 9 heteroatoms. The molecule has 1 aromatic heterocycles. The van der Waals surface area contributed by atoms with Crippen molar-refractivity contribution in [2.45, 2.75) is 6.54 Å². The van der Waals surface area contributed by atoms with Crippen molar-refractivity contribution in [1.29, 1.82) is 0 Å². The monoisotopic (exact) mass is 453 g/mol. The van der Waals surface area contributed by atoms with Gasteiger partial charge in [-0.2, -0.15) is 5.10 Å². The van der Waals surface area contributed by atoms with E-state index in [0.29, 0.717) is 32.0 Å². The van der Waals surface area contributed by atoms with Crippen LogP contribution in [0.15, 0.2) is 80.4 Å². The van der Waals surface area contributed by atoms with E-state index >= 15 is 0 Å². The van der Waals surface area contributed by atoms with Gasteiger partial charge in [0.2, 0.25) is 0 Å². The molecule has 0 unspecified atom stereocenters. The van der Waals surface area contributed by atoms with Crippen LogP contribution >= 0.6 is 23.4 Å². The second kappa shape index (κ2) is 9.11. The molecule has 0 spiro atoms. The van der Waals surface area contributed by atoms with Crippen LogP contribution in [0.4, 0.5) is 0 Å². The number of phenols is 2. The number of hydrogen-bond donors (Lipinski definition) is 2. The smallest absolute Gasteiger partial charge is 0.267 e. The molecule has 1 aliphatic rings. The molecular formula is C22H16ClN3O4S. The lowest BCUT2D eigenvalue weighted by molar-refractivity contribution is -0.122. The Bertz CT molecular complexity index is 1210. The molecule has 3 aromatic rings. The fraction of sp³-hybridized carbons (Fsp3) is 0.0455. The Kier molecular flexibility index (Phi) is 6.11. The summed E-state index contributed by atoms with van der Waals surface area (Å²) in [6.07, 6.45) is 4.48. The Morgan fingerprint density at radius 2 is 1.87 bits per heavy atom. The van der Waals surface area contributed by atoms with Crippen molar-refractivity contribution in [3.05, 3.63) is 87.7 Å². The minimum absolute atomic E-state index is 0.00541. The summed E-state index contributed by atoms with van der Waals surface area (Å²) >= 11 is 7.12. The summed E-state index contributed by atoms with van der Waals surface area (Å²) < 4.78 is 5.36. The molecule has 7 nitrogen and oxygen atoms in total. The lowest BCUT2D eigenvalue weighted by atomic mass is 10.2. The SMILES string of the molecule is O=C1/C(=C/c2cc(Cl)ccc2O)S/C(=N\N=C\c2ccccc2O)N1Cc1ccco1. The van der Waals surface area contributed by atoms with E-state index in [0.717, 1.165) is 11.8 Å². The minimum Gasteiger partial charge on any atom is -0.507 e. The Labute approximate surface area is 187 Å². The maximum Gasteiger partial charge on any atom is 0.267 e. The van der Waals surface area contributed by atoms with E-state index < -0.39 is 0 Å². The molecular weight excluding hydrogens is 438 g/mol. The van der Waals surface area contributed by atoms with Crippen molar-refractivity contribution in [2.75, 3.05) is 0 Å². The molecule has 2 aromatic carbocycles. The predicted octanol–water partition coefficient (Wildman–Crippen LogP) is 4.85. The highest BCUT2D eigenvalue weighted by molar-refractivity contribution is 8.18. The highest BCUT2D eigenvalue weighted by Crippen LogP contribution is 2.35. The van der Waals surface area contributed by atoms with Gasteiger partial charge in [-0.25, -0.2) is 0 Å². The number of nitrogens with zero attached hydrogens (tertiary/aromatic N) is 3. The van der Waals surface area contributed by atoms with Crippen LogP contribution in [0.2, 0.25) is 5.02 Å². The van der Waals surface area contributed by atoms with Crippen molar-refractivity contribution in [2.24, 2.45) is 10.2 Å². The molecule has 2 N–H and O–H groups in total. The molecule has 4 rings (SSSR count). The second-order valence-corrected chi connectivity index (χ2v) is 7.92. The van der Waals surface area contributed by atoms with E-state index in [-0.39, 0.29) is 24.0 Å². The largest absolute Gasteiger partial charge is 0.507 e. The summed E-state index contributed by atoms with van der Waals surface area (Å²) in [5.41, 5.74) is 0.915. The van der Waals surface area contributed by atoms with E-state index in [4.69, 9.17) is 16.0 Å². The minimum atomic E-state index is -0.308. The van der Waals surface area contributed by atoms with Crippen molar-refractivity contribution < 1.29 is 19.4 Å². The number of halogens is 1. The highest BCUT2D eigenvalue weighted by Gasteiger charge is 2.34. The van der Waals surface area contributed by atoms with Crippen LogP contribution in [0.3, 0.4) is 0 Å². The lowest BCUT2D eigenvalue weighted by Crippen LogP contribution is -2.28. The molecule has 1 aliphatic heterocycles. The fourth-order valence-corrected chi connectivity index (χ4v) is 3.91. The first-order chi connectivity index (χ1) is 15.0. The predicted molar refractivity (Wildman–Crippen MR) is 121 cm³/mol. The number of aromatic hydroxyl groups is 2. The summed E-state index contributed by atoms with van der Waals surface area (Å²) in [4.78, 5) is 14.8. The number of amides is 1. The third-order valence-electron chi connectivity index (χ3n) is 4.34. The normalized spacial score (nSPS) is 16.8. The standard InChI is InChI=1S/C22H16ClN3O4S/c23-16-7-8-19(28)15(10-16)11-20-21(29)26(13-17-5-3-9-30-17)22(31-20)25-24-12-14-4-1-2-6-18(14)27/h1-12,27-28H,13H2/b20-11-,24-12+,25-22-. The zero-order chi connectivity index (χ0) is 21.8. The molecule has 2 heterocycles. The van der Waals surface area contributed by atoms with E-state index in [1.54, 1.807) is 54.6 Å². The quantitative estimate of drug-likeness (QED) is 0.327. The van der Waals surface area contributed by atoms with Crippen LogP contribution in [-0.2, 0) is 11.3 Å². The number of hydrogen-bond acceptors (Lipinski definition) is 7. The van der Waals surface area contributed by atoms with Crippen LogP contribution in [0.5, 0.6) is 11.5 Å². The lowest BCUT2D eigenvalue weighted by Gasteiger charge is -2.12. The fourth-order valence-electron chi connectivity index (χ4n) is 2.80. The van der Waals surface area contributed by atoms with Gasteiger partial charge in [-0.15, -0.1) is 5.10 Å². The molecule has 1 amide bonds. The van der Waals surface area contributed by atoms with E-state index in [1.165, 1.54) is 23.4 Å². The van der Waals surface area contributed by atoms with E-state index in [9.17, 15) is 15.0 Å². The number of benzene rings is 2. The van der Waals surface area contributed by atoms with Crippen molar-refractivity contribution in [3.63, 3.8) is 0 Å². The average Bonchev–Trinajstić information content (AvgIpc) is 3.36. The zero-order valence-corrected chi connectivity index (χ0v) is 17.5. The van der Waals surface area contributed by atoms with Crippen LogP contribution < -0.4 is 0 Å². The molecule has 1 saturated heterocycles. The molecule has 0 atom stereocenters. The maximum atomic E-state index is 13.0. The highest BCUT2D eigenvalue weighted by atomic mass is 35.5. The van der Waals surface area contributed by atoms with Crippen LogP contribution in [0.1, 0.15) is 16.9 Å². The van der Waals surface area contributed by atoms with Crippen LogP contribution in [-0.4, -0.2) is 32.4 Å². The summed E-state index contributed by atoms with van der Waals surface area (Å²) in [5.74, 6) is 0.354. The Hall–Kier alpha value is -3.49. The molecule has 0 bridgehead atoms. The van der Waals surface area contributed by atoms with Gasteiger partial charge in [0, 0.05) is 16.1 Å². The molecule has 0 aliphatic carbocycles. The van der Waals surface area contributed by atoms with Gasteiger partial charge < -0.3 is 14.6 Å². The summed E-state index contributed by atoms with van der Waals surface area (Å²) in [5, 5.41) is 28.9. The Morgan fingerprint density at radius 1 is 1.06 bits per heavy atom. The molecule has 1 fully saturated rings. The maximum absolute atomic E-state index is 13.0. The number of furan rings is 1. The molecule has 0 radical (unpaired) electrons. The van der Waals surface area contributed by atoms with Gasteiger partial charge in [-0.3, -0.25) is 9.69 Å². The summed E-state index contributed by atoms with van der Waals surface area (Å²) in [7, 11) is 0. The van der Waals surface area contributed by atoms with Gasteiger partial charge in [0.15, 0.2) is 5.17 Å². The first-order valence-electron chi connectivity index (χ1n) is 9.12. The number of carbonyl (C=O) groups is 1. The molecule has 31 heavy (non-hydrogen) atoms. The molecule has 156 valence electrons. The third kappa shape index (κ3) is 4.82. The molecule has 0 saturated carbocycles. The van der Waals surface area contributed by atoms with Gasteiger partial charge in [0.25, 0.3) is 5.91 Å². The van der Waals surface area contributed by atoms with Gasteiger partial charge in [-0.05, 0) is 60.3 Å². The number of thioether (sulfide) groups is 1. The summed E-state index contributed by atoms with van der Waals surface area (Å²) in [6, 6.07) is 14.8. The van der Waals surface area contributed by atoms with E-state index in [1.807, 2.05) is 0 Å². The van der Waals surface area contributed by atoms with Gasteiger partial charge >= 0.3 is 0 Å². The van der Waals surface area contributed by atoms with Gasteiger partial charge in [0.05, 0.1) is 23.9 Å². The van der Waals surface area contributed by atoms with E-state index in [2.05, 4.69) is 10.2 Å². The van der Waals surface area contributed by atoms with Crippen molar-refractivity contribution in [1.82, 2.24) is 4.90 Å². The van der Waals surface area contributed by atoms with Crippen molar-refractivity contribution in [3.8, 4) is 11.5 Å². The van der Waals surface area contributed by atoms with Crippen LogP contribution in [0.25, 0.3) is 6.08 Å². The third-order valence-corrected chi connectivity index (χ3v) is 5.57. The number of carbonyl (C=O) groups excluding carboxylic acids is 1. The number of rotatable bonds is 5. The average molecular weight is 454 g/mol. The zero-order valence-electron chi connectivity index (χ0n) is 16.0. The second-order valence-electron chi connectivity index (χ2n) is 6.47. The number of para-hydroxylation sites is 1.